The molecule has 9 heteroatoms. The van der Waals surface area contributed by atoms with E-state index in [0.29, 0.717) is 23.4 Å². The van der Waals surface area contributed by atoms with Crippen LogP contribution in [0.25, 0.3) is 0 Å². The molecule has 4 rings (SSSR count). The van der Waals surface area contributed by atoms with E-state index in [1.165, 1.54) is 29.2 Å². The van der Waals surface area contributed by atoms with Crippen LogP contribution in [0.2, 0.25) is 0 Å². The maximum atomic E-state index is 14.5. The van der Waals surface area contributed by atoms with Gasteiger partial charge in [0.2, 0.25) is 11.8 Å². The molecule has 1 N–H and O–H groups in total. The molecule has 0 unspecified atom stereocenters. The van der Waals surface area contributed by atoms with E-state index < -0.39 is 34.3 Å². The van der Waals surface area contributed by atoms with Gasteiger partial charge in [-0.05, 0) is 72.4 Å². The summed E-state index contributed by atoms with van der Waals surface area (Å²) < 4.78 is 43.3. The minimum absolute atomic E-state index is 0.0300. The molecule has 45 heavy (non-hydrogen) atoms. The molecule has 0 fully saturated rings. The van der Waals surface area contributed by atoms with Gasteiger partial charge in [-0.3, -0.25) is 13.9 Å². The van der Waals surface area contributed by atoms with Crippen LogP contribution in [0.4, 0.5) is 10.1 Å². The normalized spacial score (nSPS) is 12.0. The number of aryl methyl sites for hydroxylation is 1. The summed E-state index contributed by atoms with van der Waals surface area (Å²) in [7, 11) is -4.19. The number of carbonyl (C=O) groups is 2. The van der Waals surface area contributed by atoms with Crippen molar-refractivity contribution in [3.8, 4) is 0 Å². The molecule has 4 aromatic carbocycles. The Hall–Kier alpha value is -4.50. The molecule has 0 saturated carbocycles. The standard InChI is InChI=1S/C36H40FN3O4S/c1-26(2)23-38-36(42)34(22-29-13-7-5-8-14-29)39(24-30-18-20-31(37)21-19-30)35(41)25-40(33-17-11-12-27(3)28(33)4)45(43,44)32-15-9-6-10-16-32/h5-21,26,34H,22-25H2,1-4H3,(H,38,42)/t34-/m0/s1. The third-order valence-corrected chi connectivity index (χ3v) is 9.45. The fraction of sp³-hybridized carbons (Fsp3) is 0.278. The van der Waals surface area contributed by atoms with E-state index in [4.69, 9.17) is 0 Å². The number of hydrogen-bond donors (Lipinski definition) is 1. The van der Waals surface area contributed by atoms with Crippen molar-refractivity contribution >= 4 is 27.5 Å². The number of sulfonamides is 1. The summed E-state index contributed by atoms with van der Waals surface area (Å²) >= 11 is 0. The minimum atomic E-state index is -4.19. The maximum absolute atomic E-state index is 14.5. The zero-order valence-electron chi connectivity index (χ0n) is 26.1. The van der Waals surface area contributed by atoms with E-state index in [1.54, 1.807) is 42.5 Å². The monoisotopic (exact) mass is 629 g/mol. The Labute approximate surface area is 265 Å². The van der Waals surface area contributed by atoms with Gasteiger partial charge in [-0.25, -0.2) is 12.8 Å². The molecule has 0 spiro atoms. The zero-order chi connectivity index (χ0) is 32.6. The number of anilines is 1. The zero-order valence-corrected chi connectivity index (χ0v) is 26.9. The van der Waals surface area contributed by atoms with Crippen LogP contribution in [-0.2, 0) is 32.6 Å². The lowest BCUT2D eigenvalue weighted by Crippen LogP contribution is -2.53. The van der Waals surface area contributed by atoms with E-state index in [2.05, 4.69) is 5.32 Å². The highest BCUT2D eigenvalue weighted by atomic mass is 32.2. The lowest BCUT2D eigenvalue weighted by Gasteiger charge is -2.34. The first kappa shape index (κ1) is 33.4. The maximum Gasteiger partial charge on any atom is 0.264 e. The molecule has 7 nitrogen and oxygen atoms in total. The Morgan fingerprint density at radius 1 is 0.800 bits per heavy atom. The number of nitrogens with one attached hydrogen (secondary N) is 1. The largest absolute Gasteiger partial charge is 0.354 e. The fourth-order valence-corrected chi connectivity index (χ4v) is 6.49. The van der Waals surface area contributed by atoms with E-state index in [-0.39, 0.29) is 29.7 Å². The first-order valence-corrected chi connectivity index (χ1v) is 16.4. The smallest absolute Gasteiger partial charge is 0.264 e. The van der Waals surface area contributed by atoms with Crippen molar-refractivity contribution in [2.24, 2.45) is 5.92 Å². The SMILES string of the molecule is Cc1cccc(N(CC(=O)N(Cc2ccc(F)cc2)[C@@H](Cc2ccccc2)C(=O)NCC(C)C)S(=O)(=O)c2ccccc2)c1C. The van der Waals surface area contributed by atoms with Gasteiger partial charge in [0.1, 0.15) is 18.4 Å². The second-order valence-electron chi connectivity index (χ2n) is 11.5. The van der Waals surface area contributed by atoms with Crippen molar-refractivity contribution in [3.63, 3.8) is 0 Å². The molecule has 0 heterocycles. The lowest BCUT2D eigenvalue weighted by atomic mass is 10.0. The second-order valence-corrected chi connectivity index (χ2v) is 13.4. The second kappa shape index (κ2) is 15.0. The molecule has 0 saturated heterocycles. The average molecular weight is 630 g/mol. The average Bonchev–Trinajstić information content (AvgIpc) is 3.03. The molecule has 0 aliphatic carbocycles. The third kappa shape index (κ3) is 8.57. The highest BCUT2D eigenvalue weighted by Crippen LogP contribution is 2.29. The van der Waals surface area contributed by atoms with Crippen LogP contribution >= 0.6 is 0 Å². The Kier molecular flexibility index (Phi) is 11.1. The van der Waals surface area contributed by atoms with Crippen LogP contribution < -0.4 is 9.62 Å². The van der Waals surface area contributed by atoms with Gasteiger partial charge in [0.25, 0.3) is 10.0 Å². The van der Waals surface area contributed by atoms with Gasteiger partial charge in [-0.15, -0.1) is 0 Å². The predicted molar refractivity (Wildman–Crippen MR) is 176 cm³/mol. The molecule has 0 bridgehead atoms. The first-order chi connectivity index (χ1) is 21.5. The minimum Gasteiger partial charge on any atom is -0.354 e. The molecule has 0 aliphatic rings. The van der Waals surface area contributed by atoms with Crippen LogP contribution in [-0.4, -0.2) is 44.3 Å². The van der Waals surface area contributed by atoms with Gasteiger partial charge in [0, 0.05) is 19.5 Å². The summed E-state index contributed by atoms with van der Waals surface area (Å²) in [5.74, 6) is -1.18. The van der Waals surface area contributed by atoms with Crippen LogP contribution in [0.15, 0.2) is 108 Å². The van der Waals surface area contributed by atoms with Crippen molar-refractivity contribution in [2.75, 3.05) is 17.4 Å². The summed E-state index contributed by atoms with van der Waals surface area (Å²) in [6, 6.07) is 27.4. The number of rotatable bonds is 13. The Bertz CT molecular complexity index is 1700. The van der Waals surface area contributed by atoms with Crippen molar-refractivity contribution in [2.45, 2.75) is 51.6 Å². The molecular formula is C36H40FN3O4S. The molecule has 0 radical (unpaired) electrons. The van der Waals surface area contributed by atoms with Crippen molar-refractivity contribution in [3.05, 3.63) is 131 Å². The summed E-state index contributed by atoms with van der Waals surface area (Å²) in [6.45, 7) is 7.47. The summed E-state index contributed by atoms with van der Waals surface area (Å²) in [4.78, 5) is 29.8. The summed E-state index contributed by atoms with van der Waals surface area (Å²) in [6.07, 6.45) is 0.201. The Morgan fingerprint density at radius 2 is 1.42 bits per heavy atom. The van der Waals surface area contributed by atoms with Crippen LogP contribution in [0.3, 0.4) is 0 Å². The molecule has 0 aromatic heterocycles. The summed E-state index contributed by atoms with van der Waals surface area (Å²) in [5, 5.41) is 2.97. The fourth-order valence-electron chi connectivity index (χ4n) is 5.00. The predicted octanol–water partition coefficient (Wildman–Crippen LogP) is 6.05. The van der Waals surface area contributed by atoms with Crippen molar-refractivity contribution in [1.82, 2.24) is 10.2 Å². The van der Waals surface area contributed by atoms with Gasteiger partial charge >= 0.3 is 0 Å². The summed E-state index contributed by atoms with van der Waals surface area (Å²) in [5.41, 5.74) is 3.39. The van der Waals surface area contributed by atoms with Gasteiger partial charge in [0.15, 0.2) is 0 Å². The number of amides is 2. The molecular weight excluding hydrogens is 589 g/mol. The molecule has 2 amide bonds. The van der Waals surface area contributed by atoms with Gasteiger partial charge in [-0.2, -0.15) is 0 Å². The highest BCUT2D eigenvalue weighted by Gasteiger charge is 2.35. The molecule has 0 aliphatic heterocycles. The van der Waals surface area contributed by atoms with Gasteiger partial charge in [-0.1, -0.05) is 86.6 Å². The number of hydrogen-bond acceptors (Lipinski definition) is 4. The molecule has 1 atom stereocenters. The Morgan fingerprint density at radius 3 is 2.04 bits per heavy atom. The van der Waals surface area contributed by atoms with Crippen LogP contribution in [0.1, 0.15) is 36.1 Å². The van der Waals surface area contributed by atoms with Gasteiger partial charge in [0.05, 0.1) is 10.6 Å². The van der Waals surface area contributed by atoms with E-state index in [0.717, 1.165) is 15.4 Å². The van der Waals surface area contributed by atoms with E-state index in [9.17, 15) is 22.4 Å². The topological polar surface area (TPSA) is 86.8 Å². The number of nitrogens with zero attached hydrogens (tertiary/aromatic N) is 2. The molecule has 4 aromatic rings. The molecule has 236 valence electrons. The quantitative estimate of drug-likeness (QED) is 0.195. The van der Waals surface area contributed by atoms with Crippen molar-refractivity contribution < 1.29 is 22.4 Å². The van der Waals surface area contributed by atoms with Crippen molar-refractivity contribution in [1.29, 1.82) is 0 Å². The lowest BCUT2D eigenvalue weighted by molar-refractivity contribution is -0.140. The highest BCUT2D eigenvalue weighted by molar-refractivity contribution is 7.92. The number of carbonyl (C=O) groups excluding carboxylic acids is 2. The van der Waals surface area contributed by atoms with Crippen LogP contribution in [0.5, 0.6) is 0 Å². The number of benzene rings is 4. The first-order valence-electron chi connectivity index (χ1n) is 15.0. The van der Waals surface area contributed by atoms with E-state index in [1.807, 2.05) is 64.1 Å². The third-order valence-electron chi connectivity index (χ3n) is 7.68. The van der Waals surface area contributed by atoms with Gasteiger partial charge < -0.3 is 10.2 Å². The number of halogens is 1. The Balaban J connectivity index is 1.82. The van der Waals surface area contributed by atoms with Crippen LogP contribution in [0, 0.1) is 25.6 Å². The van der Waals surface area contributed by atoms with E-state index >= 15 is 0 Å².